The summed E-state index contributed by atoms with van der Waals surface area (Å²) in [4.78, 5) is 23.2. The fraction of sp³-hybridized carbons (Fsp3) is 0.385. The van der Waals surface area contributed by atoms with Crippen LogP contribution in [0.5, 0.6) is 0 Å². The minimum Gasteiger partial charge on any atom is -0.479 e. The molecule has 0 radical (unpaired) electrons. The summed E-state index contributed by atoms with van der Waals surface area (Å²) in [6.45, 7) is 3.11. The molecule has 5 heteroatoms. The van der Waals surface area contributed by atoms with Gasteiger partial charge in [-0.15, -0.1) is 0 Å². The highest BCUT2D eigenvalue weighted by Crippen LogP contribution is 2.11. The highest BCUT2D eigenvalue weighted by Gasteiger charge is 2.35. The maximum Gasteiger partial charge on any atom is 0.331 e. The van der Waals surface area contributed by atoms with Crippen molar-refractivity contribution in [2.75, 3.05) is 13.7 Å². The topological polar surface area (TPSA) is 75.6 Å². The average molecular weight is 251 g/mol. The molecule has 0 aromatic heterocycles. The molecule has 0 spiro atoms. The molecule has 0 bridgehead atoms. The fourth-order valence-electron chi connectivity index (χ4n) is 1.59. The lowest BCUT2D eigenvalue weighted by atomic mass is 10.0. The number of carbonyl (C=O) groups excluding carboxylic acids is 1. The van der Waals surface area contributed by atoms with Crippen molar-refractivity contribution in [1.29, 1.82) is 0 Å². The minimum atomic E-state index is -1.44. The van der Waals surface area contributed by atoms with Crippen molar-refractivity contribution in [3.63, 3.8) is 0 Å². The van der Waals surface area contributed by atoms with Crippen LogP contribution in [-0.4, -0.2) is 36.2 Å². The van der Waals surface area contributed by atoms with Gasteiger partial charge in [-0.1, -0.05) is 18.2 Å². The van der Waals surface area contributed by atoms with Crippen LogP contribution in [0.15, 0.2) is 24.3 Å². The molecule has 1 aromatic carbocycles. The highest BCUT2D eigenvalue weighted by atomic mass is 16.5. The van der Waals surface area contributed by atoms with Gasteiger partial charge < -0.3 is 15.2 Å². The number of carboxylic acid groups (broad SMARTS) is 1. The summed E-state index contributed by atoms with van der Waals surface area (Å²) in [7, 11) is 1.39. The van der Waals surface area contributed by atoms with Gasteiger partial charge in [-0.2, -0.15) is 0 Å². The van der Waals surface area contributed by atoms with Crippen LogP contribution in [-0.2, 0) is 9.53 Å². The first-order valence-electron chi connectivity index (χ1n) is 5.51. The van der Waals surface area contributed by atoms with E-state index >= 15 is 0 Å². The van der Waals surface area contributed by atoms with Crippen LogP contribution >= 0.6 is 0 Å². The Labute approximate surface area is 106 Å². The summed E-state index contributed by atoms with van der Waals surface area (Å²) in [6, 6.07) is 7.00. The van der Waals surface area contributed by atoms with E-state index in [1.807, 2.05) is 6.07 Å². The Morgan fingerprint density at radius 1 is 1.39 bits per heavy atom. The number of amides is 1. The third-order valence-electron chi connectivity index (χ3n) is 2.68. The van der Waals surface area contributed by atoms with E-state index in [1.54, 1.807) is 25.1 Å². The van der Waals surface area contributed by atoms with Gasteiger partial charge in [0.25, 0.3) is 5.91 Å². The SMILES string of the molecule is COCC(C)(NC(=O)c1ccccc1C)C(=O)O. The van der Waals surface area contributed by atoms with Crippen LogP contribution in [0, 0.1) is 6.92 Å². The molecule has 1 unspecified atom stereocenters. The van der Waals surface area contributed by atoms with Gasteiger partial charge in [0.05, 0.1) is 6.61 Å². The van der Waals surface area contributed by atoms with E-state index in [2.05, 4.69) is 5.32 Å². The summed E-state index contributed by atoms with van der Waals surface area (Å²) in [5.41, 5.74) is -0.185. The van der Waals surface area contributed by atoms with E-state index in [1.165, 1.54) is 14.0 Å². The zero-order chi connectivity index (χ0) is 13.8. The third-order valence-corrected chi connectivity index (χ3v) is 2.68. The molecule has 0 saturated heterocycles. The van der Waals surface area contributed by atoms with Gasteiger partial charge in [-0.3, -0.25) is 4.79 Å². The zero-order valence-electron chi connectivity index (χ0n) is 10.7. The summed E-state index contributed by atoms with van der Waals surface area (Å²) >= 11 is 0. The quantitative estimate of drug-likeness (QED) is 0.825. The Morgan fingerprint density at radius 2 is 2.00 bits per heavy atom. The van der Waals surface area contributed by atoms with E-state index in [9.17, 15) is 9.59 Å². The number of nitrogens with one attached hydrogen (secondary N) is 1. The highest BCUT2D eigenvalue weighted by molar-refractivity contribution is 5.98. The molecule has 2 N–H and O–H groups in total. The van der Waals surface area contributed by atoms with Crippen LogP contribution < -0.4 is 5.32 Å². The lowest BCUT2D eigenvalue weighted by Crippen LogP contribution is -2.55. The van der Waals surface area contributed by atoms with Gasteiger partial charge in [0.15, 0.2) is 5.54 Å². The molecule has 1 atom stereocenters. The van der Waals surface area contributed by atoms with Crippen LogP contribution in [0.3, 0.4) is 0 Å². The molecule has 0 aliphatic rings. The molecule has 0 aliphatic heterocycles. The van der Waals surface area contributed by atoms with E-state index < -0.39 is 17.4 Å². The van der Waals surface area contributed by atoms with Crippen molar-refractivity contribution < 1.29 is 19.4 Å². The molecular weight excluding hydrogens is 234 g/mol. The molecule has 5 nitrogen and oxygen atoms in total. The van der Waals surface area contributed by atoms with Crippen LogP contribution in [0.2, 0.25) is 0 Å². The second kappa shape index (κ2) is 5.64. The lowest BCUT2D eigenvalue weighted by molar-refractivity contribution is -0.145. The molecule has 0 fully saturated rings. The van der Waals surface area contributed by atoms with E-state index in [0.717, 1.165) is 5.56 Å². The number of carbonyl (C=O) groups is 2. The zero-order valence-corrected chi connectivity index (χ0v) is 10.7. The summed E-state index contributed by atoms with van der Waals surface area (Å²) in [6.07, 6.45) is 0. The summed E-state index contributed by atoms with van der Waals surface area (Å²) in [5.74, 6) is -1.55. The molecule has 1 rings (SSSR count). The number of rotatable bonds is 5. The predicted molar refractivity (Wildman–Crippen MR) is 66.6 cm³/mol. The monoisotopic (exact) mass is 251 g/mol. The number of aryl methyl sites for hydroxylation is 1. The third kappa shape index (κ3) is 3.07. The Bertz CT molecular complexity index is 458. The van der Waals surface area contributed by atoms with Gasteiger partial charge in [-0.25, -0.2) is 4.79 Å². The molecule has 1 amide bonds. The van der Waals surface area contributed by atoms with E-state index in [4.69, 9.17) is 9.84 Å². The van der Waals surface area contributed by atoms with Crippen molar-refractivity contribution in [3.05, 3.63) is 35.4 Å². The fourth-order valence-corrected chi connectivity index (χ4v) is 1.59. The second-order valence-electron chi connectivity index (χ2n) is 4.34. The van der Waals surface area contributed by atoms with Crippen molar-refractivity contribution in [1.82, 2.24) is 5.32 Å². The number of hydrogen-bond donors (Lipinski definition) is 2. The van der Waals surface area contributed by atoms with Gasteiger partial charge in [0, 0.05) is 12.7 Å². The lowest BCUT2D eigenvalue weighted by Gasteiger charge is -2.25. The maximum absolute atomic E-state index is 12.0. The number of methoxy groups -OCH3 is 1. The largest absolute Gasteiger partial charge is 0.479 e. The van der Waals surface area contributed by atoms with Crippen molar-refractivity contribution >= 4 is 11.9 Å². The van der Waals surface area contributed by atoms with Crippen molar-refractivity contribution in [3.8, 4) is 0 Å². The van der Waals surface area contributed by atoms with Crippen LogP contribution in [0.25, 0.3) is 0 Å². The molecule has 0 saturated carbocycles. The number of aliphatic carboxylic acids is 1. The number of hydrogen-bond acceptors (Lipinski definition) is 3. The van der Waals surface area contributed by atoms with Gasteiger partial charge in [-0.05, 0) is 25.5 Å². The summed E-state index contributed by atoms with van der Waals surface area (Å²) < 4.78 is 4.84. The molecule has 1 aromatic rings. The van der Waals surface area contributed by atoms with Gasteiger partial charge >= 0.3 is 5.97 Å². The first kappa shape index (κ1) is 14.2. The van der Waals surface area contributed by atoms with Crippen molar-refractivity contribution in [2.24, 2.45) is 0 Å². The Kier molecular flexibility index (Phi) is 4.44. The minimum absolute atomic E-state index is 0.0973. The predicted octanol–water partition coefficient (Wildman–Crippen LogP) is 1.21. The number of ether oxygens (including phenoxy) is 1. The Balaban J connectivity index is 2.93. The van der Waals surface area contributed by atoms with Crippen LogP contribution in [0.4, 0.5) is 0 Å². The molecule has 0 aliphatic carbocycles. The first-order chi connectivity index (χ1) is 8.40. The molecule has 18 heavy (non-hydrogen) atoms. The first-order valence-corrected chi connectivity index (χ1v) is 5.51. The smallest absolute Gasteiger partial charge is 0.331 e. The Morgan fingerprint density at radius 3 is 2.50 bits per heavy atom. The maximum atomic E-state index is 12.0. The van der Waals surface area contributed by atoms with Crippen molar-refractivity contribution in [2.45, 2.75) is 19.4 Å². The van der Waals surface area contributed by atoms with Gasteiger partial charge in [0.2, 0.25) is 0 Å². The Hall–Kier alpha value is -1.88. The normalized spacial score (nSPS) is 13.7. The molecule has 98 valence electrons. The van der Waals surface area contributed by atoms with Crippen LogP contribution in [0.1, 0.15) is 22.8 Å². The number of benzene rings is 1. The second-order valence-corrected chi connectivity index (χ2v) is 4.34. The van der Waals surface area contributed by atoms with Gasteiger partial charge in [0.1, 0.15) is 0 Å². The molecule has 0 heterocycles. The summed E-state index contributed by atoms with van der Waals surface area (Å²) in [5, 5.41) is 11.6. The molecular formula is C13H17NO4. The standard InChI is InChI=1S/C13H17NO4/c1-9-6-4-5-7-10(9)11(15)14-13(2,8-18-3)12(16)17/h4-7H,8H2,1-3H3,(H,14,15)(H,16,17). The van der Waals surface area contributed by atoms with E-state index in [0.29, 0.717) is 5.56 Å². The van der Waals surface area contributed by atoms with E-state index in [-0.39, 0.29) is 6.61 Å². The average Bonchev–Trinajstić information content (AvgIpc) is 2.29. The number of carboxylic acids is 1.